The summed E-state index contributed by atoms with van der Waals surface area (Å²) in [5.41, 5.74) is 3.16. The highest BCUT2D eigenvalue weighted by Gasteiger charge is 2.15. The smallest absolute Gasteiger partial charge is 0.488 e. The van der Waals surface area contributed by atoms with E-state index >= 15 is 0 Å². The van der Waals surface area contributed by atoms with Crippen LogP contribution in [-0.2, 0) is 20.9 Å². The largest absolute Gasteiger partial charge is 0.493 e. The van der Waals surface area contributed by atoms with Gasteiger partial charge in [-0.1, -0.05) is 30.8 Å². The Kier molecular flexibility index (Phi) is 12.3. The van der Waals surface area contributed by atoms with Crippen LogP contribution in [0, 0.1) is 0 Å². The maximum Gasteiger partial charge on any atom is 0.488 e. The normalized spacial score (nSPS) is 11.9. The summed E-state index contributed by atoms with van der Waals surface area (Å²) in [7, 11) is -1.54. The second-order valence-corrected chi connectivity index (χ2v) is 9.86. The summed E-state index contributed by atoms with van der Waals surface area (Å²) in [6.45, 7) is 10.7. The van der Waals surface area contributed by atoms with Crippen LogP contribution in [0.3, 0.4) is 0 Å². The number of esters is 2. The number of allylic oxidation sites excluding steroid dienone is 5. The molecule has 0 aromatic heterocycles. The van der Waals surface area contributed by atoms with Crippen LogP contribution >= 0.6 is 0 Å². The zero-order valence-electron chi connectivity index (χ0n) is 25.2. The van der Waals surface area contributed by atoms with Crippen LogP contribution in [0.1, 0.15) is 60.4 Å². The standard InChI is InChI=1S/C34H35BO9/c1-6-30(36)19-20-41-31-15-11-28(12-16-31)34(38)44-25(5)23(3)22(2)24(4)43-33(37)27-9-7-26(8-10-27)21-42-32-17-13-29(14-18-32)35(39)40/h6-18,39-40H,1,19-21H2,2-5H3/b24-22+,25-23+. The highest BCUT2D eigenvalue weighted by atomic mass is 16.5. The first-order valence-corrected chi connectivity index (χ1v) is 13.8. The predicted molar refractivity (Wildman–Crippen MR) is 166 cm³/mol. The Balaban J connectivity index is 1.55. The topological polar surface area (TPSA) is 129 Å². The summed E-state index contributed by atoms with van der Waals surface area (Å²) in [4.78, 5) is 36.7. The molecule has 0 fully saturated rings. The van der Waals surface area contributed by atoms with Gasteiger partial charge in [0.15, 0.2) is 5.78 Å². The molecule has 0 atom stereocenters. The Morgan fingerprint density at radius 2 is 1.16 bits per heavy atom. The number of hydrogen-bond donors (Lipinski definition) is 2. The molecule has 0 unspecified atom stereocenters. The molecule has 44 heavy (non-hydrogen) atoms. The lowest BCUT2D eigenvalue weighted by Gasteiger charge is -2.13. The molecule has 2 N–H and O–H groups in total. The van der Waals surface area contributed by atoms with Crippen molar-refractivity contribution in [3.05, 3.63) is 125 Å². The summed E-state index contributed by atoms with van der Waals surface area (Å²) < 4.78 is 22.3. The SMILES string of the molecule is C=CC(=O)CCOc1ccc(C(=O)O/C(C)=C(C)/C(C)=C(\C)OC(=O)c2ccc(COc3ccc(B(O)O)cc3)cc2)cc1. The van der Waals surface area contributed by atoms with Crippen LogP contribution in [0.4, 0.5) is 0 Å². The van der Waals surface area contributed by atoms with E-state index in [4.69, 9.17) is 18.9 Å². The molecular weight excluding hydrogens is 563 g/mol. The fraction of sp³-hybridized carbons (Fsp3) is 0.206. The second-order valence-electron chi connectivity index (χ2n) is 9.86. The molecule has 10 heteroatoms. The first-order chi connectivity index (χ1) is 21.0. The van der Waals surface area contributed by atoms with Crippen molar-refractivity contribution in [3.63, 3.8) is 0 Å². The highest BCUT2D eigenvalue weighted by molar-refractivity contribution is 6.58. The van der Waals surface area contributed by atoms with Gasteiger partial charge in [0, 0.05) is 6.42 Å². The first-order valence-electron chi connectivity index (χ1n) is 13.8. The summed E-state index contributed by atoms with van der Waals surface area (Å²) in [6.07, 6.45) is 1.47. The van der Waals surface area contributed by atoms with Crippen LogP contribution in [0.5, 0.6) is 11.5 Å². The molecule has 3 aromatic rings. The highest BCUT2D eigenvalue weighted by Crippen LogP contribution is 2.22. The third kappa shape index (κ3) is 9.83. The van der Waals surface area contributed by atoms with Gasteiger partial charge in [-0.15, -0.1) is 0 Å². The van der Waals surface area contributed by atoms with E-state index in [-0.39, 0.29) is 25.4 Å². The lowest BCUT2D eigenvalue weighted by Crippen LogP contribution is -2.29. The number of ether oxygens (including phenoxy) is 4. The summed E-state index contributed by atoms with van der Waals surface area (Å²) >= 11 is 0. The molecule has 0 spiro atoms. The zero-order valence-corrected chi connectivity index (χ0v) is 25.2. The monoisotopic (exact) mass is 598 g/mol. The molecule has 3 aromatic carbocycles. The predicted octanol–water partition coefficient (Wildman–Crippen LogP) is 5.07. The lowest BCUT2D eigenvalue weighted by atomic mass is 9.80. The van der Waals surface area contributed by atoms with Crippen LogP contribution in [0.15, 0.2) is 108 Å². The molecule has 0 saturated carbocycles. The van der Waals surface area contributed by atoms with E-state index < -0.39 is 19.1 Å². The van der Waals surface area contributed by atoms with Gasteiger partial charge in [-0.3, -0.25) is 4.79 Å². The molecule has 9 nitrogen and oxygen atoms in total. The fourth-order valence-electron chi connectivity index (χ4n) is 3.78. The molecule has 0 radical (unpaired) electrons. The van der Waals surface area contributed by atoms with Gasteiger partial charge in [-0.05, 0) is 104 Å². The van der Waals surface area contributed by atoms with Crippen molar-refractivity contribution < 1.29 is 43.4 Å². The fourth-order valence-corrected chi connectivity index (χ4v) is 3.78. The second kappa shape index (κ2) is 16.1. The minimum Gasteiger partial charge on any atom is -0.493 e. The van der Waals surface area contributed by atoms with Crippen LogP contribution < -0.4 is 14.9 Å². The van der Waals surface area contributed by atoms with Crippen LogP contribution in [0.25, 0.3) is 0 Å². The van der Waals surface area contributed by atoms with E-state index in [1.165, 1.54) is 6.08 Å². The van der Waals surface area contributed by atoms with Crippen molar-refractivity contribution in [3.8, 4) is 11.5 Å². The molecule has 3 rings (SSSR count). The van der Waals surface area contributed by atoms with E-state index in [9.17, 15) is 24.4 Å². The zero-order chi connectivity index (χ0) is 32.2. The maximum absolute atomic E-state index is 12.8. The molecular formula is C34H35BO9. The Morgan fingerprint density at radius 3 is 1.64 bits per heavy atom. The molecule has 228 valence electrons. The molecule has 0 bridgehead atoms. The minimum absolute atomic E-state index is 0.111. The van der Waals surface area contributed by atoms with Crippen LogP contribution in [-0.4, -0.2) is 41.5 Å². The summed E-state index contributed by atoms with van der Waals surface area (Å²) in [5.74, 6) is 0.611. The number of hydrogen-bond acceptors (Lipinski definition) is 9. The van der Waals surface area contributed by atoms with E-state index in [1.807, 2.05) is 0 Å². The number of rotatable bonds is 14. The van der Waals surface area contributed by atoms with Gasteiger partial charge in [0.25, 0.3) is 0 Å². The number of carbonyl (C=O) groups is 3. The van der Waals surface area contributed by atoms with E-state index in [2.05, 4.69) is 6.58 Å². The quantitative estimate of drug-likeness (QED) is 0.0859. The van der Waals surface area contributed by atoms with Crippen molar-refractivity contribution in [2.75, 3.05) is 6.61 Å². The number of ketones is 1. The molecule has 0 aliphatic heterocycles. The summed E-state index contributed by atoms with van der Waals surface area (Å²) in [5, 5.41) is 18.4. The van der Waals surface area contributed by atoms with Gasteiger partial charge in [-0.25, -0.2) is 9.59 Å². The van der Waals surface area contributed by atoms with Crippen molar-refractivity contribution in [1.82, 2.24) is 0 Å². The van der Waals surface area contributed by atoms with Gasteiger partial charge < -0.3 is 29.0 Å². The van der Waals surface area contributed by atoms with E-state index in [0.717, 1.165) is 5.56 Å². The third-order valence-corrected chi connectivity index (χ3v) is 6.82. The number of benzene rings is 3. The van der Waals surface area contributed by atoms with E-state index in [1.54, 1.807) is 100 Å². The Morgan fingerprint density at radius 1 is 0.705 bits per heavy atom. The van der Waals surface area contributed by atoms with Crippen LogP contribution in [0.2, 0.25) is 0 Å². The molecule has 0 saturated heterocycles. The van der Waals surface area contributed by atoms with E-state index in [0.29, 0.717) is 50.8 Å². The Bertz CT molecular complexity index is 1540. The average Bonchev–Trinajstić information content (AvgIpc) is 3.03. The Labute approximate surface area is 257 Å². The lowest BCUT2D eigenvalue weighted by molar-refractivity contribution is -0.115. The maximum atomic E-state index is 12.8. The van der Waals surface area contributed by atoms with Gasteiger partial charge in [-0.2, -0.15) is 0 Å². The van der Waals surface area contributed by atoms with Crippen molar-refractivity contribution >= 4 is 30.3 Å². The molecule has 0 amide bonds. The van der Waals surface area contributed by atoms with Gasteiger partial charge in [0.05, 0.1) is 17.7 Å². The summed E-state index contributed by atoms with van der Waals surface area (Å²) in [6, 6.07) is 19.6. The third-order valence-electron chi connectivity index (χ3n) is 6.82. The Hall–Kier alpha value is -4.93. The molecule has 0 heterocycles. The number of carbonyl (C=O) groups excluding carboxylic acids is 3. The van der Waals surface area contributed by atoms with Crippen molar-refractivity contribution in [2.45, 2.75) is 40.7 Å². The van der Waals surface area contributed by atoms with Crippen molar-refractivity contribution in [1.29, 1.82) is 0 Å². The minimum atomic E-state index is -1.54. The average molecular weight is 598 g/mol. The molecule has 0 aliphatic rings. The molecule has 0 aliphatic carbocycles. The van der Waals surface area contributed by atoms with Crippen molar-refractivity contribution in [2.24, 2.45) is 0 Å². The van der Waals surface area contributed by atoms with Gasteiger partial charge in [0.2, 0.25) is 0 Å². The first kappa shape index (κ1) is 33.6. The van der Waals surface area contributed by atoms with Gasteiger partial charge in [0.1, 0.15) is 29.6 Å². The van der Waals surface area contributed by atoms with Gasteiger partial charge >= 0.3 is 19.1 Å².